The Labute approximate surface area is 199 Å². The fraction of sp³-hybridized carbons (Fsp3) is 0.720. The van der Waals surface area contributed by atoms with Gasteiger partial charge >= 0.3 is 11.9 Å². The molecule has 1 rings (SSSR count). The third-order valence-corrected chi connectivity index (χ3v) is 11.1. The van der Waals surface area contributed by atoms with Crippen molar-refractivity contribution >= 4 is 26.5 Å². The van der Waals surface area contributed by atoms with Crippen molar-refractivity contribution in [3.63, 3.8) is 0 Å². The predicted molar refractivity (Wildman–Crippen MR) is 130 cm³/mol. The third kappa shape index (κ3) is 8.83. The Morgan fingerprint density at radius 1 is 1.30 bits per heavy atom. The van der Waals surface area contributed by atoms with Gasteiger partial charge in [0.15, 0.2) is 8.32 Å². The van der Waals surface area contributed by atoms with E-state index in [9.17, 15) is 19.5 Å². The Morgan fingerprint density at radius 2 is 1.91 bits per heavy atom. The zero-order valence-electron chi connectivity index (χ0n) is 21.7. The SMILES string of the molecule is CC(=O)O[C@H]1C=C[C@H](C)C(=C(C)CC=O)OC(=O)C[C@H](O[Si](C)(C)C(C)(C)C)CC[C@@]1(C)O. The summed E-state index contributed by atoms with van der Waals surface area (Å²) in [6.45, 7) is 17.1. The van der Waals surface area contributed by atoms with Gasteiger partial charge in [-0.3, -0.25) is 9.59 Å². The van der Waals surface area contributed by atoms with Crippen molar-refractivity contribution in [2.75, 3.05) is 0 Å². The first-order valence-corrected chi connectivity index (χ1v) is 14.5. The van der Waals surface area contributed by atoms with Crippen molar-refractivity contribution < 1.29 is 33.4 Å². The Bertz CT molecular complexity index is 774. The average Bonchev–Trinajstić information content (AvgIpc) is 2.65. The zero-order valence-corrected chi connectivity index (χ0v) is 22.7. The van der Waals surface area contributed by atoms with Gasteiger partial charge in [-0.15, -0.1) is 0 Å². The van der Waals surface area contributed by atoms with E-state index in [2.05, 4.69) is 33.9 Å². The van der Waals surface area contributed by atoms with E-state index in [1.54, 1.807) is 26.0 Å². The van der Waals surface area contributed by atoms with Crippen LogP contribution in [0.1, 0.15) is 74.1 Å². The summed E-state index contributed by atoms with van der Waals surface area (Å²) in [6.07, 6.45) is 3.58. The largest absolute Gasteiger partial charge is 0.455 e. The van der Waals surface area contributed by atoms with Gasteiger partial charge in [0.25, 0.3) is 0 Å². The minimum Gasteiger partial charge on any atom is -0.455 e. The lowest BCUT2D eigenvalue weighted by Crippen LogP contribution is -2.46. The molecule has 1 aliphatic heterocycles. The molecule has 1 aliphatic rings. The van der Waals surface area contributed by atoms with E-state index in [1.165, 1.54) is 6.92 Å². The highest BCUT2D eigenvalue weighted by atomic mass is 28.4. The summed E-state index contributed by atoms with van der Waals surface area (Å²) in [5.41, 5.74) is -0.716. The Hall–Kier alpha value is -1.77. The van der Waals surface area contributed by atoms with Crippen molar-refractivity contribution in [3.05, 3.63) is 23.5 Å². The number of esters is 2. The molecular weight excluding hydrogens is 440 g/mol. The van der Waals surface area contributed by atoms with Crippen LogP contribution in [0.2, 0.25) is 18.1 Å². The van der Waals surface area contributed by atoms with Crippen LogP contribution in [0.4, 0.5) is 0 Å². The summed E-state index contributed by atoms with van der Waals surface area (Å²) in [5, 5.41) is 11.1. The quantitative estimate of drug-likeness (QED) is 0.259. The number of carbonyl (C=O) groups is 3. The minimum absolute atomic E-state index is 0.0229. The highest BCUT2D eigenvalue weighted by molar-refractivity contribution is 6.74. The number of carbonyl (C=O) groups excluding carboxylic acids is 3. The Balaban J connectivity index is 3.45. The van der Waals surface area contributed by atoms with Crippen molar-refractivity contribution in [2.45, 2.75) is 110 Å². The van der Waals surface area contributed by atoms with Crippen LogP contribution in [-0.2, 0) is 28.3 Å². The van der Waals surface area contributed by atoms with Crippen LogP contribution in [-0.4, -0.2) is 49.5 Å². The van der Waals surface area contributed by atoms with Crippen molar-refractivity contribution in [2.24, 2.45) is 5.92 Å². The molecule has 0 aromatic rings. The van der Waals surface area contributed by atoms with Crippen LogP contribution in [0, 0.1) is 5.92 Å². The standard InChI is InChI=1S/C25H42O7Si/c1-17-10-11-21(30-19(3)27)25(7,29)14-12-20(32-33(8,9)24(4,5)6)16-22(28)31-23(17)18(2)13-15-26/h10-11,15,17,20-21,29H,12-14,16H2,1-9H3/t17-,20+,21-,25+/m0/s1. The van der Waals surface area contributed by atoms with Crippen molar-refractivity contribution in [1.82, 2.24) is 0 Å². The number of hydrogen-bond donors (Lipinski definition) is 1. The van der Waals surface area contributed by atoms with Crippen LogP contribution >= 0.6 is 0 Å². The van der Waals surface area contributed by atoms with E-state index in [0.717, 1.165) is 6.29 Å². The van der Waals surface area contributed by atoms with Crippen molar-refractivity contribution in [1.29, 1.82) is 0 Å². The second kappa shape index (κ2) is 11.6. The molecule has 0 saturated heterocycles. The van der Waals surface area contributed by atoms with Gasteiger partial charge < -0.3 is 23.8 Å². The first-order chi connectivity index (χ1) is 15.0. The number of allylic oxidation sites excluding steroid dienone is 2. The number of hydrogen-bond acceptors (Lipinski definition) is 7. The zero-order chi connectivity index (χ0) is 25.6. The molecule has 0 aromatic heterocycles. The summed E-state index contributed by atoms with van der Waals surface area (Å²) in [5.74, 6) is -0.924. The number of aldehydes is 1. The van der Waals surface area contributed by atoms with Crippen LogP contribution in [0.5, 0.6) is 0 Å². The predicted octanol–water partition coefficient (Wildman–Crippen LogP) is 4.84. The summed E-state index contributed by atoms with van der Waals surface area (Å²) in [6, 6.07) is 0. The molecule has 0 spiro atoms. The molecule has 0 saturated carbocycles. The highest BCUT2D eigenvalue weighted by Gasteiger charge is 2.41. The number of rotatable bonds is 5. The van der Waals surface area contributed by atoms with Gasteiger partial charge in [-0.05, 0) is 56.5 Å². The molecule has 1 heterocycles. The van der Waals surface area contributed by atoms with Crippen LogP contribution in [0.15, 0.2) is 23.5 Å². The number of ether oxygens (including phenoxy) is 2. The maximum Gasteiger partial charge on any atom is 0.313 e. The lowest BCUT2D eigenvalue weighted by atomic mass is 9.89. The van der Waals surface area contributed by atoms with E-state index in [4.69, 9.17) is 13.9 Å². The summed E-state index contributed by atoms with van der Waals surface area (Å²) < 4.78 is 17.7. The maximum atomic E-state index is 12.9. The van der Waals surface area contributed by atoms with Gasteiger partial charge in [0, 0.05) is 19.3 Å². The second-order valence-electron chi connectivity index (χ2n) is 10.8. The third-order valence-electron chi connectivity index (χ3n) is 6.56. The van der Waals surface area contributed by atoms with E-state index in [0.29, 0.717) is 17.8 Å². The number of cyclic esters (lactones) is 1. The molecule has 1 N–H and O–H groups in total. The summed E-state index contributed by atoms with van der Waals surface area (Å²) in [7, 11) is -2.21. The smallest absolute Gasteiger partial charge is 0.313 e. The molecule has 0 unspecified atom stereocenters. The molecular formula is C25H42O7Si. The molecule has 33 heavy (non-hydrogen) atoms. The Morgan fingerprint density at radius 3 is 2.42 bits per heavy atom. The van der Waals surface area contributed by atoms with Crippen LogP contribution in [0.3, 0.4) is 0 Å². The fourth-order valence-corrected chi connectivity index (χ4v) is 4.83. The van der Waals surface area contributed by atoms with Crippen molar-refractivity contribution in [3.8, 4) is 0 Å². The first-order valence-electron chi connectivity index (χ1n) is 11.6. The monoisotopic (exact) mass is 482 g/mol. The first kappa shape index (κ1) is 29.3. The molecule has 0 amide bonds. The lowest BCUT2D eigenvalue weighted by molar-refractivity contribution is -0.156. The molecule has 7 nitrogen and oxygen atoms in total. The molecule has 0 bridgehead atoms. The fourth-order valence-electron chi connectivity index (χ4n) is 3.44. The second-order valence-corrected chi connectivity index (χ2v) is 15.5. The molecule has 0 aromatic carbocycles. The van der Waals surface area contributed by atoms with E-state index in [-0.39, 0.29) is 30.2 Å². The molecule has 188 valence electrons. The van der Waals surface area contributed by atoms with E-state index >= 15 is 0 Å². The maximum absolute atomic E-state index is 12.9. The van der Waals surface area contributed by atoms with E-state index in [1.807, 2.05) is 6.92 Å². The average molecular weight is 483 g/mol. The molecule has 0 radical (unpaired) electrons. The lowest BCUT2D eigenvalue weighted by Gasteiger charge is -2.40. The van der Waals surface area contributed by atoms with Gasteiger partial charge in [0.1, 0.15) is 23.8 Å². The van der Waals surface area contributed by atoms with Crippen LogP contribution < -0.4 is 0 Å². The minimum atomic E-state index is -2.21. The summed E-state index contributed by atoms with van der Waals surface area (Å²) in [4.78, 5) is 35.7. The van der Waals surface area contributed by atoms with Crippen LogP contribution in [0.25, 0.3) is 0 Å². The normalized spacial score (nSPS) is 29.4. The molecule has 8 heteroatoms. The highest BCUT2D eigenvalue weighted by Crippen LogP contribution is 2.39. The van der Waals surface area contributed by atoms with Gasteiger partial charge in [0.2, 0.25) is 0 Å². The molecule has 0 fully saturated rings. The van der Waals surface area contributed by atoms with E-state index < -0.39 is 38.1 Å². The van der Waals surface area contributed by atoms with Gasteiger partial charge in [-0.1, -0.05) is 33.8 Å². The molecule has 4 atom stereocenters. The van der Waals surface area contributed by atoms with Gasteiger partial charge in [0.05, 0.1) is 12.5 Å². The van der Waals surface area contributed by atoms with Gasteiger partial charge in [-0.25, -0.2) is 0 Å². The number of aliphatic hydroxyl groups is 1. The topological polar surface area (TPSA) is 99.1 Å². The molecule has 0 aliphatic carbocycles. The Kier molecular flexibility index (Phi) is 10.3. The van der Waals surface area contributed by atoms with Gasteiger partial charge in [-0.2, -0.15) is 0 Å². The summed E-state index contributed by atoms with van der Waals surface area (Å²) >= 11 is 0.